The van der Waals surface area contributed by atoms with Crippen molar-refractivity contribution in [2.24, 2.45) is 22.2 Å². The summed E-state index contributed by atoms with van der Waals surface area (Å²) in [5, 5.41) is 29.1. The fourth-order valence-corrected chi connectivity index (χ4v) is 10.9. The van der Waals surface area contributed by atoms with E-state index in [1.165, 1.54) is 4.90 Å². The van der Waals surface area contributed by atoms with Gasteiger partial charge in [-0.3, -0.25) is 19.2 Å². The normalized spacial score (nSPS) is 23.1. The van der Waals surface area contributed by atoms with Gasteiger partial charge in [-0.25, -0.2) is 4.98 Å². The number of nitrogens with one attached hydrogen (secondary N) is 3. The Balaban J connectivity index is 0.825. The fourth-order valence-electron chi connectivity index (χ4n) is 9.90. The summed E-state index contributed by atoms with van der Waals surface area (Å²) in [6.07, 6.45) is 0.429. The Bertz CT molecular complexity index is 2480. The van der Waals surface area contributed by atoms with Gasteiger partial charge in [-0.1, -0.05) is 84.3 Å². The van der Waals surface area contributed by atoms with Gasteiger partial charge in [0.15, 0.2) is 0 Å². The van der Waals surface area contributed by atoms with Crippen molar-refractivity contribution in [3.8, 4) is 28.0 Å². The monoisotopic (exact) mass is 952 g/mol. The highest BCUT2D eigenvalue weighted by Crippen LogP contribution is 2.55. The highest BCUT2D eigenvalue weighted by Gasteiger charge is 2.64. The second-order valence-electron chi connectivity index (χ2n) is 20.4. The molecule has 2 aliphatic carbocycles. The van der Waals surface area contributed by atoms with Crippen LogP contribution in [-0.4, -0.2) is 94.8 Å². The number of hydrogen-bond acceptors (Lipinski definition) is 11. The van der Waals surface area contributed by atoms with Crippen molar-refractivity contribution in [3.05, 3.63) is 99.6 Å². The van der Waals surface area contributed by atoms with Crippen molar-refractivity contribution >= 4 is 46.6 Å². The van der Waals surface area contributed by atoms with E-state index in [0.717, 1.165) is 34.5 Å². The van der Waals surface area contributed by atoms with Crippen LogP contribution in [0.3, 0.4) is 0 Å². The third-order valence-electron chi connectivity index (χ3n) is 13.3. The summed E-state index contributed by atoms with van der Waals surface area (Å²) in [6.45, 7) is 16.1. The van der Waals surface area contributed by atoms with Crippen LogP contribution < -0.4 is 25.4 Å². The number of aromatic nitrogens is 1. The molecular formula is C51H61ClN6O8S. The molecule has 16 heteroatoms. The van der Waals surface area contributed by atoms with Gasteiger partial charge in [0.2, 0.25) is 17.7 Å². The molecule has 1 saturated heterocycles. The molecule has 1 aliphatic heterocycles. The van der Waals surface area contributed by atoms with Gasteiger partial charge in [-0.2, -0.15) is 5.26 Å². The van der Waals surface area contributed by atoms with E-state index in [9.17, 15) is 29.5 Å². The summed E-state index contributed by atoms with van der Waals surface area (Å²) in [6, 6.07) is 20.0. The molecule has 0 bridgehead atoms. The predicted molar refractivity (Wildman–Crippen MR) is 255 cm³/mol. The van der Waals surface area contributed by atoms with Gasteiger partial charge in [0.1, 0.15) is 42.4 Å². The second kappa shape index (κ2) is 20.0. The molecule has 3 atom stereocenters. The number of amides is 4. The molecule has 14 nitrogen and oxygen atoms in total. The summed E-state index contributed by atoms with van der Waals surface area (Å²) in [4.78, 5) is 60.9. The summed E-state index contributed by atoms with van der Waals surface area (Å²) in [5.41, 5.74) is 4.11. The molecule has 4 N–H and O–H groups in total. The lowest BCUT2D eigenvalue weighted by Gasteiger charge is -2.63. The van der Waals surface area contributed by atoms with Crippen LogP contribution in [0.25, 0.3) is 10.4 Å². The van der Waals surface area contributed by atoms with Gasteiger partial charge >= 0.3 is 0 Å². The molecule has 2 heterocycles. The van der Waals surface area contributed by atoms with Gasteiger partial charge in [-0.05, 0) is 78.6 Å². The molecule has 2 saturated carbocycles. The number of nitrogens with zero attached hydrogens (tertiary/aromatic N) is 3. The third-order valence-corrected chi connectivity index (χ3v) is 14.6. The quantitative estimate of drug-likeness (QED) is 0.0891. The fraction of sp³-hybridized carbons (Fsp3) is 0.490. The minimum absolute atomic E-state index is 0.0162. The number of nitriles is 1. The minimum Gasteiger partial charge on any atom is -0.490 e. The lowest BCUT2D eigenvalue weighted by molar-refractivity contribution is -0.164. The first-order valence-electron chi connectivity index (χ1n) is 22.7. The van der Waals surface area contributed by atoms with Crippen molar-refractivity contribution in [2.75, 3.05) is 19.8 Å². The van der Waals surface area contributed by atoms with Crippen molar-refractivity contribution in [1.29, 1.82) is 5.26 Å². The second-order valence-corrected chi connectivity index (χ2v) is 21.6. The molecule has 4 amide bonds. The van der Waals surface area contributed by atoms with Crippen LogP contribution in [0.2, 0.25) is 5.02 Å². The van der Waals surface area contributed by atoms with Crippen LogP contribution in [0, 0.1) is 40.4 Å². The number of halogens is 1. The molecule has 0 radical (unpaired) electrons. The Morgan fingerprint density at radius 1 is 0.970 bits per heavy atom. The summed E-state index contributed by atoms with van der Waals surface area (Å²) < 4.78 is 18.3. The van der Waals surface area contributed by atoms with Crippen LogP contribution in [0.5, 0.6) is 11.5 Å². The molecule has 67 heavy (non-hydrogen) atoms. The van der Waals surface area contributed by atoms with Crippen LogP contribution in [0.1, 0.15) is 94.9 Å². The number of ether oxygens (including phenoxy) is 3. The smallest absolute Gasteiger partial charge is 0.251 e. The number of aryl methyl sites for hydroxylation is 1. The first-order chi connectivity index (χ1) is 31.6. The summed E-state index contributed by atoms with van der Waals surface area (Å²) in [7, 11) is 0. The number of carbonyl (C=O) groups excluding carboxylic acids is 4. The Kier molecular flexibility index (Phi) is 14.7. The van der Waals surface area contributed by atoms with Gasteiger partial charge in [0, 0.05) is 48.0 Å². The van der Waals surface area contributed by atoms with E-state index in [2.05, 4.69) is 54.7 Å². The van der Waals surface area contributed by atoms with Crippen molar-refractivity contribution < 1.29 is 38.5 Å². The molecule has 3 aliphatic rings. The molecule has 1 unspecified atom stereocenters. The average Bonchev–Trinajstić information content (AvgIpc) is 3.89. The molecule has 1 aromatic heterocycles. The summed E-state index contributed by atoms with van der Waals surface area (Å²) >= 11 is 7.81. The number of hydrogen-bond donors (Lipinski definition) is 4. The number of β-amino-alcohol motifs (C(OH)–C–C–N with tert-alkyl or cyclic N) is 1. The van der Waals surface area contributed by atoms with Gasteiger partial charge in [0.05, 0.1) is 45.5 Å². The molecule has 3 aromatic carbocycles. The molecule has 4 aromatic rings. The maximum absolute atomic E-state index is 14.0. The minimum atomic E-state index is -0.962. The van der Waals surface area contributed by atoms with Crippen molar-refractivity contribution in [1.82, 2.24) is 25.8 Å². The van der Waals surface area contributed by atoms with Crippen molar-refractivity contribution in [3.63, 3.8) is 0 Å². The van der Waals surface area contributed by atoms with Gasteiger partial charge in [0.25, 0.3) is 5.91 Å². The number of aliphatic hydroxyl groups is 1. The van der Waals surface area contributed by atoms with E-state index in [1.54, 1.807) is 53.8 Å². The number of carbonyl (C=O) groups is 4. The van der Waals surface area contributed by atoms with Gasteiger partial charge in [-0.15, -0.1) is 11.3 Å². The Labute approximate surface area is 401 Å². The Morgan fingerprint density at radius 3 is 2.25 bits per heavy atom. The topological polar surface area (TPSA) is 192 Å². The van der Waals surface area contributed by atoms with Crippen molar-refractivity contribution in [2.45, 2.75) is 118 Å². The highest BCUT2D eigenvalue weighted by atomic mass is 35.5. The van der Waals surface area contributed by atoms with E-state index in [1.807, 2.05) is 57.5 Å². The molecular weight excluding hydrogens is 892 g/mol. The number of benzene rings is 3. The van der Waals surface area contributed by atoms with E-state index in [0.29, 0.717) is 34.3 Å². The Hall–Kier alpha value is -5.53. The molecule has 3 fully saturated rings. The number of likely N-dealkylation sites (tertiary alicyclic amines) is 1. The van der Waals surface area contributed by atoms with E-state index >= 15 is 0 Å². The van der Waals surface area contributed by atoms with Crippen LogP contribution in [0.15, 0.2) is 72.2 Å². The van der Waals surface area contributed by atoms with Gasteiger partial charge < -0.3 is 40.2 Å². The maximum Gasteiger partial charge on any atom is 0.251 e. The third kappa shape index (κ3) is 11.1. The SMILES string of the molecule is Cc1ncsc1-c1ccc(CNC(=O)[C@@H]2C[C@@H](O)CN2C(=O)C(NC(=O)COCC2CC(Oc3ccc(C(=O)NC4C(C)(C)C(Oc5ccc(C#N)c(Cl)c5)C4(C)C)cc3)C2)C(C)(C)C)cc1. The standard InChI is InChI=1S/C51H61ClN6O8S/c1-29-42(67-28-55-29)32-11-9-30(10-12-32)24-54-45(62)40-21-35(59)25-58(40)46(63)43(49(2,3)4)56-41(60)27-64-26-31-19-38(20-31)65-36-16-13-33(14-17-36)44(61)57-47-50(5,6)48(51(47,7)8)66-37-18-15-34(23-53)39(52)22-37/h9-18,22,28,31,35,38,40,43,47-48,59H,19-21,24-27H2,1-8H3,(H,54,62)(H,56,60)(H,57,61)/t31?,35-,38?,40+,43?,47?,48?/m1/s1. The lowest BCUT2D eigenvalue weighted by atomic mass is 9.49. The average molecular weight is 954 g/mol. The zero-order valence-electron chi connectivity index (χ0n) is 39.4. The first kappa shape index (κ1) is 49.4. The first-order valence-corrected chi connectivity index (χ1v) is 24.0. The zero-order chi connectivity index (χ0) is 48.4. The predicted octanol–water partition coefficient (Wildman–Crippen LogP) is 7.24. The van der Waals surface area contributed by atoms with Crippen LogP contribution in [0.4, 0.5) is 0 Å². The Morgan fingerprint density at radius 2 is 1.64 bits per heavy atom. The number of thiazole rings is 1. The van der Waals surface area contributed by atoms with Crippen LogP contribution in [-0.2, 0) is 25.7 Å². The summed E-state index contributed by atoms with van der Waals surface area (Å²) in [5.74, 6) is -0.0506. The number of aliphatic hydroxyl groups excluding tert-OH is 1. The molecule has 0 spiro atoms. The van der Waals surface area contributed by atoms with E-state index in [-0.39, 0.29) is 62.1 Å². The lowest BCUT2D eigenvalue weighted by Crippen LogP contribution is -2.74. The zero-order valence-corrected chi connectivity index (χ0v) is 40.9. The number of rotatable bonds is 16. The van der Waals surface area contributed by atoms with E-state index in [4.69, 9.17) is 25.8 Å². The molecule has 356 valence electrons. The largest absolute Gasteiger partial charge is 0.490 e. The molecule has 7 rings (SSSR count). The van der Waals surface area contributed by atoms with E-state index < -0.39 is 46.2 Å². The highest BCUT2D eigenvalue weighted by molar-refractivity contribution is 7.13. The maximum atomic E-state index is 14.0. The van der Waals surface area contributed by atoms with Crippen LogP contribution >= 0.6 is 22.9 Å².